The van der Waals surface area contributed by atoms with Crippen molar-refractivity contribution in [2.45, 2.75) is 51.7 Å². The Morgan fingerprint density at radius 3 is 2.37 bits per heavy atom. The summed E-state index contributed by atoms with van der Waals surface area (Å²) in [5.74, 6) is -2.16. The van der Waals surface area contributed by atoms with Crippen LogP contribution in [0, 0.1) is 5.92 Å². The second kappa shape index (κ2) is 12.9. The number of phenols is 1. The minimum atomic E-state index is -1.01. The maximum Gasteiger partial charge on any atom is 0.255 e. The monoisotopic (exact) mass is 526 g/mol. The first-order chi connectivity index (χ1) is 18.1. The second-order valence-electron chi connectivity index (χ2n) is 9.48. The van der Waals surface area contributed by atoms with E-state index in [9.17, 15) is 24.3 Å². The van der Waals surface area contributed by atoms with E-state index >= 15 is 0 Å². The molecule has 4 rings (SSSR count). The average molecular weight is 527 g/mol. The van der Waals surface area contributed by atoms with Crippen molar-refractivity contribution in [3.8, 4) is 17.2 Å². The number of phenolic OH excluding ortho intramolecular Hbond substituents is 1. The number of rotatable bonds is 5. The van der Waals surface area contributed by atoms with Crippen LogP contribution in [-0.2, 0) is 20.8 Å². The van der Waals surface area contributed by atoms with Crippen LogP contribution in [0.2, 0.25) is 0 Å². The van der Waals surface area contributed by atoms with E-state index in [2.05, 4.69) is 21.3 Å². The maximum absolute atomic E-state index is 13.0. The molecule has 204 valence electrons. The largest absolute Gasteiger partial charge is 0.507 e. The minimum absolute atomic E-state index is 0.0699. The number of carbonyl (C=O) groups is 4. The number of ether oxygens (including phenoxy) is 1. The summed E-state index contributed by atoms with van der Waals surface area (Å²) in [6.07, 6.45) is 0.540. The van der Waals surface area contributed by atoms with E-state index in [0.717, 1.165) is 5.56 Å². The Hall–Kier alpha value is -4.12. The Labute approximate surface area is 221 Å². The van der Waals surface area contributed by atoms with Gasteiger partial charge in [-0.25, -0.2) is 0 Å². The zero-order valence-corrected chi connectivity index (χ0v) is 21.6. The van der Waals surface area contributed by atoms with Crippen molar-refractivity contribution in [3.63, 3.8) is 0 Å². The summed E-state index contributed by atoms with van der Waals surface area (Å²) in [5.41, 5.74) is 0.669. The number of hydrogen-bond acceptors (Lipinski definition) is 7. The Morgan fingerprint density at radius 1 is 1.03 bits per heavy atom. The van der Waals surface area contributed by atoms with E-state index in [1.54, 1.807) is 38.1 Å². The van der Waals surface area contributed by atoms with Gasteiger partial charge in [-0.3, -0.25) is 19.2 Å². The molecule has 4 bridgehead atoms. The summed E-state index contributed by atoms with van der Waals surface area (Å²) >= 11 is 0. The van der Waals surface area contributed by atoms with Crippen molar-refractivity contribution in [3.05, 3.63) is 53.6 Å². The summed E-state index contributed by atoms with van der Waals surface area (Å²) in [4.78, 5) is 51.8. The Morgan fingerprint density at radius 2 is 1.71 bits per heavy atom. The maximum atomic E-state index is 13.0. The van der Waals surface area contributed by atoms with E-state index in [4.69, 9.17) is 9.84 Å². The molecular weight excluding hydrogens is 492 g/mol. The topological polar surface area (TPSA) is 166 Å². The highest BCUT2D eigenvalue weighted by atomic mass is 16.5. The molecule has 3 atom stereocenters. The van der Waals surface area contributed by atoms with Gasteiger partial charge in [0, 0.05) is 19.6 Å². The first-order valence-corrected chi connectivity index (χ1v) is 12.5. The summed E-state index contributed by atoms with van der Waals surface area (Å²) in [6.45, 7) is 5.10. The van der Waals surface area contributed by atoms with Crippen LogP contribution in [0.25, 0.3) is 0 Å². The molecule has 2 heterocycles. The van der Waals surface area contributed by atoms with Crippen LogP contribution in [0.1, 0.15) is 43.1 Å². The van der Waals surface area contributed by atoms with Gasteiger partial charge in [-0.05, 0) is 55.2 Å². The number of carbonyl (C=O) groups excluding carboxylic acids is 4. The van der Waals surface area contributed by atoms with E-state index in [-0.39, 0.29) is 36.8 Å². The van der Waals surface area contributed by atoms with Gasteiger partial charge in [-0.2, -0.15) is 0 Å². The van der Waals surface area contributed by atoms with Crippen molar-refractivity contribution in [2.24, 2.45) is 5.92 Å². The number of amides is 4. The number of hydrogen-bond donors (Lipinski definition) is 6. The van der Waals surface area contributed by atoms with Crippen LogP contribution in [0.15, 0.2) is 42.5 Å². The molecule has 38 heavy (non-hydrogen) atoms. The molecule has 0 saturated heterocycles. The van der Waals surface area contributed by atoms with Crippen LogP contribution in [0.5, 0.6) is 17.2 Å². The smallest absolute Gasteiger partial charge is 0.255 e. The third kappa shape index (κ3) is 7.45. The Balaban J connectivity index is 1.97. The van der Waals surface area contributed by atoms with E-state index in [1.807, 2.05) is 0 Å². The molecule has 0 radical (unpaired) electrons. The third-order valence-electron chi connectivity index (χ3n) is 6.07. The fourth-order valence-electron chi connectivity index (χ4n) is 3.87. The molecule has 0 saturated carbocycles. The SMILES string of the molecule is CC(C)[C@@H]1NC(=O)c2cc(ccc2O)Oc2ccc(cc2)C[C@@H](C(=O)NCCCO)NC(=O)[C@H](C)NC1=O. The van der Waals surface area contributed by atoms with Gasteiger partial charge in [0.05, 0.1) is 5.56 Å². The van der Waals surface area contributed by atoms with Crippen molar-refractivity contribution in [2.75, 3.05) is 13.2 Å². The van der Waals surface area contributed by atoms with Gasteiger partial charge >= 0.3 is 0 Å². The average Bonchev–Trinajstić information content (AvgIpc) is 2.88. The molecule has 0 fully saturated rings. The summed E-state index contributed by atoms with van der Waals surface area (Å²) < 4.78 is 5.84. The lowest BCUT2D eigenvalue weighted by atomic mass is 10.0. The van der Waals surface area contributed by atoms with E-state index in [1.165, 1.54) is 25.1 Å². The zero-order valence-electron chi connectivity index (χ0n) is 21.6. The quantitative estimate of drug-likeness (QED) is 0.250. The van der Waals surface area contributed by atoms with E-state index in [0.29, 0.717) is 17.9 Å². The number of aliphatic hydroxyl groups excluding tert-OH is 1. The molecule has 2 aromatic rings. The number of aliphatic hydroxyl groups is 1. The molecular formula is C27H34N4O7. The highest BCUT2D eigenvalue weighted by Crippen LogP contribution is 2.28. The highest BCUT2D eigenvalue weighted by molar-refractivity contribution is 6.00. The van der Waals surface area contributed by atoms with Crippen LogP contribution in [0.4, 0.5) is 0 Å². The zero-order chi connectivity index (χ0) is 27.8. The van der Waals surface area contributed by atoms with Gasteiger partial charge in [0.15, 0.2) is 0 Å². The van der Waals surface area contributed by atoms with Crippen molar-refractivity contribution in [1.29, 1.82) is 0 Å². The van der Waals surface area contributed by atoms with Crippen LogP contribution in [-0.4, -0.2) is 65.1 Å². The second-order valence-corrected chi connectivity index (χ2v) is 9.48. The molecule has 0 aromatic heterocycles. The lowest BCUT2D eigenvalue weighted by Crippen LogP contribution is -2.57. The van der Waals surface area contributed by atoms with Crippen LogP contribution < -0.4 is 26.0 Å². The number of fused-ring (bicyclic) bond motifs is 11. The predicted molar refractivity (Wildman–Crippen MR) is 139 cm³/mol. The molecule has 11 nitrogen and oxygen atoms in total. The van der Waals surface area contributed by atoms with Gasteiger partial charge in [-0.15, -0.1) is 0 Å². The summed E-state index contributed by atoms with van der Waals surface area (Å²) in [7, 11) is 0. The highest BCUT2D eigenvalue weighted by Gasteiger charge is 2.30. The molecule has 0 unspecified atom stereocenters. The molecule has 2 aromatic carbocycles. The summed E-state index contributed by atoms with van der Waals surface area (Å²) in [6, 6.07) is 8.10. The first-order valence-electron chi connectivity index (χ1n) is 12.5. The predicted octanol–water partition coefficient (Wildman–Crippen LogP) is 0.983. The molecule has 2 aliphatic heterocycles. The van der Waals surface area contributed by atoms with Crippen molar-refractivity contribution < 1.29 is 34.1 Å². The van der Waals surface area contributed by atoms with Gasteiger partial charge in [0.25, 0.3) is 5.91 Å². The third-order valence-corrected chi connectivity index (χ3v) is 6.07. The van der Waals surface area contributed by atoms with Gasteiger partial charge in [0.1, 0.15) is 35.4 Å². The summed E-state index contributed by atoms with van der Waals surface area (Å²) in [5, 5.41) is 29.9. The lowest BCUT2D eigenvalue weighted by Gasteiger charge is -2.25. The van der Waals surface area contributed by atoms with Crippen molar-refractivity contribution in [1.82, 2.24) is 21.3 Å². The van der Waals surface area contributed by atoms with Crippen LogP contribution >= 0.6 is 0 Å². The molecule has 4 amide bonds. The van der Waals surface area contributed by atoms with Crippen LogP contribution in [0.3, 0.4) is 0 Å². The fraction of sp³-hybridized carbons (Fsp3) is 0.407. The molecule has 2 aliphatic rings. The molecule has 11 heteroatoms. The Bertz CT molecular complexity index is 1170. The van der Waals surface area contributed by atoms with Gasteiger partial charge in [-0.1, -0.05) is 26.0 Å². The fourth-order valence-corrected chi connectivity index (χ4v) is 3.87. The molecule has 0 aliphatic carbocycles. The number of nitrogens with one attached hydrogen (secondary N) is 4. The van der Waals surface area contributed by atoms with E-state index < -0.39 is 41.8 Å². The standard InChI is InChI=1S/C27H34N4O7/c1-15(2)23-27(37)29-16(3)24(34)30-21(26(36)28-11-4-12-32)13-17-5-7-18(8-6-17)38-19-9-10-22(33)20(14-19)25(35)31-23/h5-10,14-16,21,23,32-33H,4,11-13H2,1-3H3,(H,28,36)(H,29,37)(H,30,34)(H,31,35)/t16-,21-,23-/m0/s1. The normalized spacial score (nSPS) is 20.4. The van der Waals surface area contributed by atoms with Gasteiger partial charge < -0.3 is 36.2 Å². The van der Waals surface area contributed by atoms with Gasteiger partial charge in [0.2, 0.25) is 17.7 Å². The first kappa shape index (κ1) is 28.5. The number of aromatic hydroxyl groups is 1. The Kier molecular flexibility index (Phi) is 9.66. The molecule has 6 N–H and O–H groups in total. The van der Waals surface area contributed by atoms with Crippen molar-refractivity contribution >= 4 is 23.6 Å². The number of benzene rings is 2. The minimum Gasteiger partial charge on any atom is -0.507 e. The lowest BCUT2D eigenvalue weighted by molar-refractivity contribution is -0.132. The molecule has 0 spiro atoms.